The number of aromatic nitrogens is 3. The minimum absolute atomic E-state index is 0.0119. The van der Waals surface area contributed by atoms with E-state index in [4.69, 9.17) is 0 Å². The lowest BCUT2D eigenvalue weighted by Crippen LogP contribution is -2.39. The minimum Gasteiger partial charge on any atom is -0.329 e. The molecule has 0 spiro atoms. The molecule has 1 atom stereocenters. The number of hydrogen-bond donors (Lipinski definition) is 0. The summed E-state index contributed by atoms with van der Waals surface area (Å²) in [7, 11) is 0. The molecule has 0 N–H and O–H groups in total. The van der Waals surface area contributed by atoms with Crippen LogP contribution in [0.25, 0.3) is 0 Å². The number of fused-ring (bicyclic) bond motifs is 1. The molecule has 19 heavy (non-hydrogen) atoms. The van der Waals surface area contributed by atoms with Crippen LogP contribution in [0.5, 0.6) is 0 Å². The monoisotopic (exact) mass is 260 g/mol. The molecule has 0 radical (unpaired) electrons. The summed E-state index contributed by atoms with van der Waals surface area (Å²) in [6, 6.07) is 0.0820. The van der Waals surface area contributed by atoms with Gasteiger partial charge in [-0.2, -0.15) is 0 Å². The zero-order valence-corrected chi connectivity index (χ0v) is 11.2. The van der Waals surface area contributed by atoms with Crippen molar-refractivity contribution in [3.05, 3.63) is 24.3 Å². The first-order chi connectivity index (χ1) is 9.31. The van der Waals surface area contributed by atoms with Crippen molar-refractivity contribution in [3.8, 4) is 0 Å². The van der Waals surface area contributed by atoms with Crippen LogP contribution in [0.1, 0.15) is 49.8 Å². The van der Waals surface area contributed by atoms with Crippen molar-refractivity contribution in [1.29, 1.82) is 0 Å². The van der Waals surface area contributed by atoms with Crippen LogP contribution in [0.15, 0.2) is 12.7 Å². The number of nitrogens with zero attached hydrogens (tertiary/aromatic N) is 4. The average molecular weight is 260 g/mol. The number of carbonyl (C=O) groups is 1. The van der Waals surface area contributed by atoms with Crippen molar-refractivity contribution in [3.63, 3.8) is 0 Å². The zero-order valence-electron chi connectivity index (χ0n) is 11.2. The molecule has 0 saturated carbocycles. The highest BCUT2D eigenvalue weighted by molar-refractivity contribution is 5.87. The van der Waals surface area contributed by atoms with Crippen molar-refractivity contribution in [2.24, 2.45) is 0 Å². The number of likely N-dealkylation sites (tertiary alicyclic amines) is 1. The number of hydrogen-bond acceptors (Lipinski definition) is 3. The van der Waals surface area contributed by atoms with E-state index >= 15 is 0 Å². The van der Waals surface area contributed by atoms with Gasteiger partial charge in [-0.3, -0.25) is 4.79 Å². The lowest BCUT2D eigenvalue weighted by Gasteiger charge is -2.34. The maximum absolute atomic E-state index is 12.0. The Kier molecular flexibility index (Phi) is 3.36. The van der Waals surface area contributed by atoms with Crippen LogP contribution >= 0.6 is 0 Å². The summed E-state index contributed by atoms with van der Waals surface area (Å²) in [5, 5.41) is 8.67. The molecule has 0 aliphatic carbocycles. The Morgan fingerprint density at radius 3 is 2.89 bits per heavy atom. The van der Waals surface area contributed by atoms with E-state index in [0.29, 0.717) is 0 Å². The highest BCUT2D eigenvalue weighted by Crippen LogP contribution is 2.31. The fourth-order valence-electron chi connectivity index (χ4n) is 3.16. The molecule has 2 aliphatic rings. The van der Waals surface area contributed by atoms with Crippen molar-refractivity contribution in [1.82, 2.24) is 19.7 Å². The SMILES string of the molecule is C=CC(=O)N1CCCCC1c1nnc2n1CCCC2. The molecule has 5 nitrogen and oxygen atoms in total. The molecule has 1 unspecified atom stereocenters. The summed E-state index contributed by atoms with van der Waals surface area (Å²) in [6.45, 7) is 5.40. The summed E-state index contributed by atoms with van der Waals surface area (Å²) in [5.74, 6) is 2.07. The van der Waals surface area contributed by atoms with E-state index in [2.05, 4.69) is 21.3 Å². The summed E-state index contributed by atoms with van der Waals surface area (Å²) < 4.78 is 2.23. The molecule has 1 saturated heterocycles. The highest BCUT2D eigenvalue weighted by Gasteiger charge is 2.31. The summed E-state index contributed by atoms with van der Waals surface area (Å²) in [6.07, 6.45) is 7.99. The van der Waals surface area contributed by atoms with E-state index in [9.17, 15) is 4.79 Å². The van der Waals surface area contributed by atoms with Gasteiger partial charge in [-0.25, -0.2) is 0 Å². The molecule has 3 rings (SSSR count). The van der Waals surface area contributed by atoms with Crippen LogP contribution in [0.4, 0.5) is 0 Å². The number of amides is 1. The second-order valence-electron chi connectivity index (χ2n) is 5.33. The Labute approximate surface area is 113 Å². The van der Waals surface area contributed by atoms with Gasteiger partial charge in [0.15, 0.2) is 5.82 Å². The van der Waals surface area contributed by atoms with Gasteiger partial charge in [0.1, 0.15) is 5.82 Å². The molecular formula is C14H20N4O. The Morgan fingerprint density at radius 2 is 2.05 bits per heavy atom. The fourth-order valence-corrected chi connectivity index (χ4v) is 3.16. The molecule has 0 bridgehead atoms. The van der Waals surface area contributed by atoms with Crippen molar-refractivity contribution in [2.45, 2.75) is 51.1 Å². The van der Waals surface area contributed by atoms with E-state index in [0.717, 1.165) is 50.4 Å². The number of rotatable bonds is 2. The van der Waals surface area contributed by atoms with E-state index in [-0.39, 0.29) is 11.9 Å². The molecular weight excluding hydrogens is 240 g/mol. The van der Waals surface area contributed by atoms with Gasteiger partial charge in [0.2, 0.25) is 5.91 Å². The molecule has 2 aliphatic heterocycles. The summed E-state index contributed by atoms with van der Waals surface area (Å²) in [5.41, 5.74) is 0. The van der Waals surface area contributed by atoms with Crippen molar-refractivity contribution < 1.29 is 4.79 Å². The third kappa shape index (κ3) is 2.17. The number of piperidine rings is 1. The van der Waals surface area contributed by atoms with Gasteiger partial charge in [0, 0.05) is 19.5 Å². The van der Waals surface area contributed by atoms with Gasteiger partial charge in [-0.05, 0) is 38.2 Å². The van der Waals surface area contributed by atoms with E-state index in [1.807, 2.05) is 4.90 Å². The van der Waals surface area contributed by atoms with E-state index in [1.165, 1.54) is 18.9 Å². The molecule has 1 amide bonds. The van der Waals surface area contributed by atoms with Crippen LogP contribution in [0.2, 0.25) is 0 Å². The van der Waals surface area contributed by atoms with Gasteiger partial charge < -0.3 is 9.47 Å². The fraction of sp³-hybridized carbons (Fsp3) is 0.643. The van der Waals surface area contributed by atoms with Crippen LogP contribution in [-0.4, -0.2) is 32.1 Å². The molecule has 1 fully saturated rings. The van der Waals surface area contributed by atoms with Gasteiger partial charge >= 0.3 is 0 Å². The quantitative estimate of drug-likeness (QED) is 0.763. The molecule has 1 aromatic rings. The van der Waals surface area contributed by atoms with Crippen molar-refractivity contribution >= 4 is 5.91 Å². The van der Waals surface area contributed by atoms with Crippen LogP contribution in [0, 0.1) is 0 Å². The molecule has 0 aromatic carbocycles. The number of carbonyl (C=O) groups excluding carboxylic acids is 1. The van der Waals surface area contributed by atoms with Gasteiger partial charge in [0.25, 0.3) is 0 Å². The third-order valence-corrected chi connectivity index (χ3v) is 4.15. The number of aryl methyl sites for hydroxylation is 1. The molecule has 102 valence electrons. The topological polar surface area (TPSA) is 51.0 Å². The first-order valence-corrected chi connectivity index (χ1v) is 7.16. The van der Waals surface area contributed by atoms with E-state index < -0.39 is 0 Å². The average Bonchev–Trinajstić information content (AvgIpc) is 2.90. The van der Waals surface area contributed by atoms with Gasteiger partial charge in [0.05, 0.1) is 6.04 Å². The van der Waals surface area contributed by atoms with Crippen molar-refractivity contribution in [2.75, 3.05) is 6.54 Å². The predicted molar refractivity (Wildman–Crippen MR) is 71.5 cm³/mol. The minimum atomic E-state index is 0.0119. The Hall–Kier alpha value is -1.65. The van der Waals surface area contributed by atoms with Gasteiger partial charge in [-0.15, -0.1) is 10.2 Å². The van der Waals surface area contributed by atoms with Crippen LogP contribution in [-0.2, 0) is 17.8 Å². The zero-order chi connectivity index (χ0) is 13.2. The second kappa shape index (κ2) is 5.15. The Morgan fingerprint density at radius 1 is 1.21 bits per heavy atom. The van der Waals surface area contributed by atoms with Crippen LogP contribution in [0.3, 0.4) is 0 Å². The third-order valence-electron chi connectivity index (χ3n) is 4.15. The first kappa shape index (κ1) is 12.4. The second-order valence-corrected chi connectivity index (χ2v) is 5.33. The molecule has 3 heterocycles. The lowest BCUT2D eigenvalue weighted by atomic mass is 10.0. The maximum Gasteiger partial charge on any atom is 0.246 e. The predicted octanol–water partition coefficient (Wildman–Crippen LogP) is 1.85. The van der Waals surface area contributed by atoms with Gasteiger partial charge in [-0.1, -0.05) is 6.58 Å². The standard InChI is InChI=1S/C14H20N4O/c1-2-13(19)17-9-5-3-7-11(17)14-16-15-12-8-4-6-10-18(12)14/h2,11H,1,3-10H2. The smallest absolute Gasteiger partial charge is 0.246 e. The largest absolute Gasteiger partial charge is 0.329 e. The van der Waals surface area contributed by atoms with Crippen LogP contribution < -0.4 is 0 Å². The summed E-state index contributed by atoms with van der Waals surface area (Å²) in [4.78, 5) is 13.9. The summed E-state index contributed by atoms with van der Waals surface area (Å²) >= 11 is 0. The Bertz CT molecular complexity index is 494. The first-order valence-electron chi connectivity index (χ1n) is 7.16. The molecule has 5 heteroatoms. The van der Waals surface area contributed by atoms with E-state index in [1.54, 1.807) is 0 Å². The normalized spacial score (nSPS) is 22.9. The highest BCUT2D eigenvalue weighted by atomic mass is 16.2. The molecule has 1 aromatic heterocycles. The Balaban J connectivity index is 1.92. The lowest BCUT2D eigenvalue weighted by molar-refractivity contribution is -0.130. The maximum atomic E-state index is 12.0.